The summed E-state index contributed by atoms with van der Waals surface area (Å²) in [4.78, 5) is 10.9. The molecule has 0 radical (unpaired) electrons. The van der Waals surface area contributed by atoms with E-state index in [9.17, 15) is 22.5 Å². The van der Waals surface area contributed by atoms with Crippen LogP contribution in [0.4, 0.5) is 13.2 Å². The molecule has 0 amide bonds. The van der Waals surface area contributed by atoms with E-state index in [2.05, 4.69) is 5.09 Å². The van der Waals surface area contributed by atoms with Crippen LogP contribution in [0.2, 0.25) is 0 Å². The maximum Gasteiger partial charge on any atom is 0.459 e. The van der Waals surface area contributed by atoms with Gasteiger partial charge in [0.1, 0.15) is 11.8 Å². The molecule has 0 aliphatic rings. The highest BCUT2D eigenvalue weighted by atomic mass is 31.2. The maximum absolute atomic E-state index is 12.6. The van der Waals surface area contributed by atoms with E-state index in [1.165, 1.54) is 12.1 Å². The highest BCUT2D eigenvalue weighted by Crippen LogP contribution is 2.45. The Morgan fingerprint density at radius 1 is 1.36 bits per heavy atom. The summed E-state index contributed by atoms with van der Waals surface area (Å²) in [6.45, 7) is -0.939. The van der Waals surface area contributed by atoms with Gasteiger partial charge in [0.05, 0.1) is 18.8 Å². The van der Waals surface area contributed by atoms with Crippen LogP contribution in [-0.2, 0) is 13.9 Å². The van der Waals surface area contributed by atoms with Crippen molar-refractivity contribution >= 4 is 13.7 Å². The Kier molecular flexibility index (Phi) is 7.62. The number of nitrogens with one attached hydrogen (secondary N) is 1. The van der Waals surface area contributed by atoms with Gasteiger partial charge in [0.25, 0.3) is 0 Å². The zero-order valence-electron chi connectivity index (χ0n) is 13.1. The second-order valence-electron chi connectivity index (χ2n) is 4.77. The quantitative estimate of drug-likeness (QED) is 0.445. The minimum atomic E-state index is -4.77. The number of benzene rings is 1. The van der Waals surface area contributed by atoms with Crippen molar-refractivity contribution in [3.63, 3.8) is 0 Å². The van der Waals surface area contributed by atoms with E-state index < -0.39 is 44.7 Å². The van der Waals surface area contributed by atoms with Crippen molar-refractivity contribution < 1.29 is 41.8 Å². The number of carboxylic acid groups (broad SMARTS) is 1. The van der Waals surface area contributed by atoms with E-state index in [1.54, 1.807) is 18.2 Å². The first-order valence-electron chi connectivity index (χ1n) is 6.94. The van der Waals surface area contributed by atoms with E-state index in [1.807, 2.05) is 0 Å². The molecule has 0 saturated carbocycles. The lowest BCUT2D eigenvalue weighted by Crippen LogP contribution is -2.33. The molecule has 1 unspecified atom stereocenters. The van der Waals surface area contributed by atoms with Gasteiger partial charge in [0, 0.05) is 0 Å². The summed E-state index contributed by atoms with van der Waals surface area (Å²) >= 11 is 0. The number of aliphatic hydroxyl groups excluding tert-OH is 1. The van der Waals surface area contributed by atoms with Gasteiger partial charge >= 0.3 is 19.9 Å². The summed E-state index contributed by atoms with van der Waals surface area (Å²) in [5.41, 5.74) is -1.29. The first kappa shape index (κ1) is 21.2. The fourth-order valence-corrected chi connectivity index (χ4v) is 2.94. The standard InChI is InChI=1S/C14H17F3NO6P/c1-10(13(20)21)18-25(22,24-12-5-3-2-4-6-12)23-8-7-11(9-19)14(15,16)17/h2-7,10,19H,8-9H2,1H3,(H,18,22)(H,20,21)/b11-7-/t10-,25?/m0/s1. The SMILES string of the molecule is C[C@H](NP(=O)(OC/C=C(/CO)C(F)(F)F)Oc1ccccc1)C(=O)O. The topological polar surface area (TPSA) is 105 Å². The van der Waals surface area contributed by atoms with Gasteiger partial charge in [-0.15, -0.1) is 0 Å². The summed E-state index contributed by atoms with van der Waals surface area (Å²) in [7, 11) is -4.29. The van der Waals surface area contributed by atoms with Crippen LogP contribution >= 0.6 is 7.75 Å². The van der Waals surface area contributed by atoms with Gasteiger partial charge in [-0.2, -0.15) is 18.3 Å². The Hall–Kier alpha value is -1.87. The van der Waals surface area contributed by atoms with Crippen molar-refractivity contribution in [3.05, 3.63) is 42.0 Å². The van der Waals surface area contributed by atoms with Crippen LogP contribution in [0, 0.1) is 0 Å². The number of aliphatic hydroxyl groups is 1. The lowest BCUT2D eigenvalue weighted by molar-refractivity contribution is -0.138. The first-order chi connectivity index (χ1) is 11.6. The van der Waals surface area contributed by atoms with Gasteiger partial charge < -0.3 is 14.7 Å². The Balaban J connectivity index is 2.93. The number of carbonyl (C=O) groups is 1. The van der Waals surface area contributed by atoms with Crippen LogP contribution < -0.4 is 9.61 Å². The molecule has 0 spiro atoms. The molecule has 11 heteroatoms. The van der Waals surface area contributed by atoms with Crippen molar-refractivity contribution in [3.8, 4) is 5.75 Å². The minimum absolute atomic E-state index is 0.0677. The van der Waals surface area contributed by atoms with Gasteiger partial charge in [0.15, 0.2) is 0 Å². The molecule has 1 aromatic rings. The fraction of sp³-hybridized carbons (Fsp3) is 0.357. The number of hydrogen-bond acceptors (Lipinski definition) is 5. The molecular weight excluding hydrogens is 366 g/mol. The third kappa shape index (κ3) is 7.27. The predicted molar refractivity (Wildman–Crippen MR) is 82.1 cm³/mol. The van der Waals surface area contributed by atoms with Crippen LogP contribution in [0.1, 0.15) is 6.92 Å². The molecule has 0 fully saturated rings. The molecule has 0 bridgehead atoms. The molecule has 7 nitrogen and oxygen atoms in total. The average molecular weight is 383 g/mol. The van der Waals surface area contributed by atoms with Crippen molar-refractivity contribution in [2.45, 2.75) is 19.1 Å². The van der Waals surface area contributed by atoms with E-state index >= 15 is 0 Å². The van der Waals surface area contributed by atoms with Crippen molar-refractivity contribution in [2.75, 3.05) is 13.2 Å². The molecule has 140 valence electrons. The second-order valence-corrected chi connectivity index (χ2v) is 6.47. The Morgan fingerprint density at radius 3 is 2.44 bits per heavy atom. The number of alkyl halides is 3. The number of hydrogen-bond donors (Lipinski definition) is 3. The number of para-hydroxylation sites is 1. The molecule has 0 saturated heterocycles. The van der Waals surface area contributed by atoms with Crippen molar-refractivity contribution in [2.24, 2.45) is 0 Å². The van der Waals surface area contributed by atoms with Crippen LogP contribution in [0.15, 0.2) is 42.0 Å². The number of carboxylic acids is 1. The Bertz CT molecular complexity index is 650. The molecule has 1 aromatic carbocycles. The van der Waals surface area contributed by atoms with Gasteiger partial charge in [-0.1, -0.05) is 18.2 Å². The third-order valence-electron chi connectivity index (χ3n) is 2.80. The maximum atomic E-state index is 12.6. The van der Waals surface area contributed by atoms with E-state index in [-0.39, 0.29) is 5.75 Å². The molecule has 0 aromatic heterocycles. The van der Waals surface area contributed by atoms with E-state index in [0.717, 1.165) is 6.92 Å². The van der Waals surface area contributed by atoms with Gasteiger partial charge in [-0.05, 0) is 25.1 Å². The summed E-state index contributed by atoms with van der Waals surface area (Å²) in [5, 5.41) is 19.7. The predicted octanol–water partition coefficient (Wildman–Crippen LogP) is 2.73. The molecule has 0 aliphatic carbocycles. The molecular formula is C14H17F3NO6P. The molecule has 0 heterocycles. The first-order valence-corrected chi connectivity index (χ1v) is 8.48. The van der Waals surface area contributed by atoms with E-state index in [4.69, 9.17) is 19.3 Å². The molecule has 2 atom stereocenters. The zero-order chi connectivity index (χ0) is 19.1. The van der Waals surface area contributed by atoms with Crippen LogP contribution in [-0.4, -0.2) is 41.6 Å². The van der Waals surface area contributed by atoms with Gasteiger partial charge in [-0.25, -0.2) is 4.57 Å². The average Bonchev–Trinajstić information content (AvgIpc) is 2.51. The largest absolute Gasteiger partial charge is 0.480 e. The molecule has 0 aliphatic heterocycles. The summed E-state index contributed by atoms with van der Waals surface area (Å²) < 4.78 is 60.2. The highest BCUT2D eigenvalue weighted by Gasteiger charge is 2.34. The Labute approximate surface area is 141 Å². The summed E-state index contributed by atoms with van der Waals surface area (Å²) in [6, 6.07) is 6.22. The highest BCUT2D eigenvalue weighted by molar-refractivity contribution is 7.52. The second kappa shape index (κ2) is 9.00. The van der Waals surface area contributed by atoms with E-state index in [0.29, 0.717) is 6.08 Å². The lowest BCUT2D eigenvalue weighted by atomic mass is 10.2. The third-order valence-corrected chi connectivity index (χ3v) is 4.44. The van der Waals surface area contributed by atoms with Crippen molar-refractivity contribution in [1.82, 2.24) is 5.09 Å². The normalized spacial score (nSPS) is 16.1. The van der Waals surface area contributed by atoms with Crippen LogP contribution in [0.3, 0.4) is 0 Å². The Morgan fingerprint density at radius 2 is 1.96 bits per heavy atom. The molecule has 25 heavy (non-hydrogen) atoms. The molecule has 3 N–H and O–H groups in total. The van der Waals surface area contributed by atoms with Crippen LogP contribution in [0.5, 0.6) is 5.75 Å². The lowest BCUT2D eigenvalue weighted by Gasteiger charge is -2.21. The van der Waals surface area contributed by atoms with Crippen molar-refractivity contribution in [1.29, 1.82) is 0 Å². The van der Waals surface area contributed by atoms with Gasteiger partial charge in [0.2, 0.25) is 0 Å². The molecule has 1 rings (SSSR count). The smallest absolute Gasteiger partial charge is 0.459 e. The zero-order valence-corrected chi connectivity index (χ0v) is 14.0. The van der Waals surface area contributed by atoms with Gasteiger partial charge in [-0.3, -0.25) is 9.32 Å². The monoisotopic (exact) mass is 383 g/mol. The number of rotatable bonds is 9. The number of aliphatic carboxylic acids is 1. The fourth-order valence-electron chi connectivity index (χ4n) is 1.51. The number of halogens is 3. The minimum Gasteiger partial charge on any atom is -0.480 e. The van der Waals surface area contributed by atoms with Crippen LogP contribution in [0.25, 0.3) is 0 Å². The summed E-state index contributed by atoms with van der Waals surface area (Å²) in [6.07, 6.45) is -4.28. The summed E-state index contributed by atoms with van der Waals surface area (Å²) in [5.74, 6) is -1.29.